The predicted octanol–water partition coefficient (Wildman–Crippen LogP) is 12.2. The summed E-state index contributed by atoms with van der Waals surface area (Å²) in [6, 6.07) is -1.05. The van der Waals surface area contributed by atoms with Crippen molar-refractivity contribution >= 4 is 11.9 Å². The first-order chi connectivity index (χ1) is 34.7. The Morgan fingerprint density at radius 3 is 1.66 bits per heavy atom. The summed E-state index contributed by atoms with van der Waals surface area (Å²) >= 11 is 0. The van der Waals surface area contributed by atoms with E-state index in [0.29, 0.717) is 19.3 Å². The second-order valence-electron chi connectivity index (χ2n) is 18.6. The summed E-state index contributed by atoms with van der Waals surface area (Å²) < 4.78 is 17.5. The molecule has 1 heterocycles. The van der Waals surface area contributed by atoms with Crippen molar-refractivity contribution in [1.29, 1.82) is 0 Å². The quantitative estimate of drug-likeness (QED) is 0.0149. The van der Waals surface area contributed by atoms with Crippen molar-refractivity contribution in [3.63, 3.8) is 0 Å². The molecule has 0 aliphatic carbocycles. The van der Waals surface area contributed by atoms with Crippen LogP contribution in [0.15, 0.2) is 109 Å². The van der Waals surface area contributed by atoms with Gasteiger partial charge >= 0.3 is 5.97 Å². The standard InChI is InChI=1S/C60H99NO10/c1-4-7-10-13-16-19-22-24-26-27-28-30-33-36-39-42-45-48-55(65)71-58-57(67)56(66)54(49-62)70-60(58)69-50-51(52(63)46-43-40-37-34-31-21-18-15-12-9-6-3)61-59(68)53(64)47-44-41-38-35-32-29-25-23-20-17-14-11-8-5-2/h7-8,10-11,14,16-17,19-20,23-24,26,28,30,36,39,43,46,51-54,56-58,60,62-64,66-67H,4-6,9,12-13,15,18,21-22,25,27,29,31-35,37-38,40-42,44-45,47-50H2,1-3H3,(H,61,68)/b10-7-,11-8+,17-14+,19-16-,23-20+,26-24-,30-28-,39-36-,46-43+. The van der Waals surface area contributed by atoms with Gasteiger partial charge in [0.05, 0.1) is 25.4 Å². The summed E-state index contributed by atoms with van der Waals surface area (Å²) in [6.07, 6.45) is 52.8. The highest BCUT2D eigenvalue weighted by molar-refractivity contribution is 5.80. The van der Waals surface area contributed by atoms with Gasteiger partial charge in [0.1, 0.15) is 24.4 Å². The number of nitrogens with one attached hydrogen (secondary N) is 1. The Kier molecular flexibility index (Phi) is 43.6. The molecule has 8 unspecified atom stereocenters. The fourth-order valence-electron chi connectivity index (χ4n) is 7.86. The van der Waals surface area contributed by atoms with Crippen molar-refractivity contribution in [1.82, 2.24) is 5.32 Å². The van der Waals surface area contributed by atoms with E-state index in [9.17, 15) is 35.1 Å². The number of aliphatic hydroxyl groups excluding tert-OH is 5. The van der Waals surface area contributed by atoms with Crippen LogP contribution in [0.4, 0.5) is 0 Å². The largest absolute Gasteiger partial charge is 0.454 e. The summed E-state index contributed by atoms with van der Waals surface area (Å²) in [5, 5.41) is 56.7. The number of esters is 1. The van der Waals surface area contributed by atoms with Crippen molar-refractivity contribution < 1.29 is 49.3 Å². The first-order valence-electron chi connectivity index (χ1n) is 27.7. The maximum Gasteiger partial charge on any atom is 0.306 e. The topological polar surface area (TPSA) is 175 Å². The van der Waals surface area contributed by atoms with E-state index >= 15 is 0 Å². The molecule has 11 nitrogen and oxygen atoms in total. The van der Waals surface area contributed by atoms with E-state index in [4.69, 9.17) is 14.2 Å². The average molecular weight is 994 g/mol. The van der Waals surface area contributed by atoms with Crippen molar-refractivity contribution in [3.05, 3.63) is 109 Å². The Morgan fingerprint density at radius 1 is 0.577 bits per heavy atom. The Morgan fingerprint density at radius 2 is 1.08 bits per heavy atom. The Labute approximate surface area is 430 Å². The predicted molar refractivity (Wildman–Crippen MR) is 291 cm³/mol. The van der Waals surface area contributed by atoms with E-state index in [1.807, 2.05) is 30.4 Å². The van der Waals surface area contributed by atoms with E-state index in [1.54, 1.807) is 6.08 Å². The number of rotatable bonds is 44. The molecule has 6 N–H and O–H groups in total. The minimum absolute atomic E-state index is 0.0377. The highest BCUT2D eigenvalue weighted by Gasteiger charge is 2.47. The Bertz CT molecular complexity index is 1560. The van der Waals surface area contributed by atoms with Gasteiger partial charge in [0.2, 0.25) is 5.91 Å². The molecule has 0 bridgehead atoms. The number of carbonyl (C=O) groups excluding carboxylic acids is 2. The van der Waals surface area contributed by atoms with E-state index in [2.05, 4.69) is 99.0 Å². The first-order valence-corrected chi connectivity index (χ1v) is 27.7. The van der Waals surface area contributed by atoms with Gasteiger partial charge in [0.25, 0.3) is 0 Å². The highest BCUT2D eigenvalue weighted by Crippen LogP contribution is 2.26. The number of allylic oxidation sites excluding steroid dienone is 17. The lowest BCUT2D eigenvalue weighted by molar-refractivity contribution is -0.305. The molecule has 71 heavy (non-hydrogen) atoms. The molecule has 404 valence electrons. The van der Waals surface area contributed by atoms with Crippen molar-refractivity contribution in [2.24, 2.45) is 0 Å². The summed E-state index contributed by atoms with van der Waals surface area (Å²) in [4.78, 5) is 26.4. The summed E-state index contributed by atoms with van der Waals surface area (Å²) in [6.45, 7) is 5.46. The second kappa shape index (κ2) is 47.3. The van der Waals surface area contributed by atoms with Crippen LogP contribution in [0.2, 0.25) is 0 Å². The summed E-state index contributed by atoms with van der Waals surface area (Å²) in [7, 11) is 0. The van der Waals surface area contributed by atoms with Crippen LogP contribution in [0.1, 0.15) is 194 Å². The SMILES string of the molecule is CC/C=C\C/C=C\C/C=C\C/C=C\C/C=C\CCCC(=O)OC1C(OCC(NC(=O)C(O)CCCCCCCC/C=C/C=C/C=C/CC)C(O)/C=C/CCCCCCCCCCC)OC(CO)C(O)C1O. The van der Waals surface area contributed by atoms with Crippen LogP contribution < -0.4 is 5.32 Å². The molecule has 0 radical (unpaired) electrons. The third kappa shape index (κ3) is 36.0. The molecular formula is C60H99NO10. The third-order valence-corrected chi connectivity index (χ3v) is 12.2. The van der Waals surface area contributed by atoms with Gasteiger partial charge in [-0.05, 0) is 83.5 Å². The van der Waals surface area contributed by atoms with Gasteiger partial charge < -0.3 is 45.1 Å². The van der Waals surface area contributed by atoms with E-state index in [-0.39, 0.29) is 19.4 Å². The van der Waals surface area contributed by atoms with E-state index < -0.39 is 67.4 Å². The number of aliphatic hydroxyl groups is 5. The zero-order chi connectivity index (χ0) is 51.8. The minimum Gasteiger partial charge on any atom is -0.454 e. The number of hydrogen-bond acceptors (Lipinski definition) is 10. The van der Waals surface area contributed by atoms with Crippen LogP contribution in [-0.4, -0.2) is 99.6 Å². The van der Waals surface area contributed by atoms with Crippen LogP contribution in [0.3, 0.4) is 0 Å². The first kappa shape index (κ1) is 65.3. The summed E-state index contributed by atoms with van der Waals surface area (Å²) in [5.74, 6) is -1.28. The number of amides is 1. The van der Waals surface area contributed by atoms with Crippen molar-refractivity contribution in [2.75, 3.05) is 13.2 Å². The van der Waals surface area contributed by atoms with Gasteiger partial charge in [-0.15, -0.1) is 0 Å². The fourth-order valence-corrected chi connectivity index (χ4v) is 7.86. The van der Waals surface area contributed by atoms with Gasteiger partial charge in [0.15, 0.2) is 12.4 Å². The maximum atomic E-state index is 13.3. The number of unbranched alkanes of at least 4 members (excludes halogenated alkanes) is 16. The molecule has 0 aromatic carbocycles. The van der Waals surface area contributed by atoms with Gasteiger partial charge in [-0.2, -0.15) is 0 Å². The van der Waals surface area contributed by atoms with Crippen LogP contribution in [0.5, 0.6) is 0 Å². The molecule has 0 aromatic heterocycles. The molecular weight excluding hydrogens is 895 g/mol. The minimum atomic E-state index is -1.64. The lowest BCUT2D eigenvalue weighted by atomic mass is 9.99. The molecule has 1 aliphatic rings. The number of hydrogen-bond donors (Lipinski definition) is 6. The van der Waals surface area contributed by atoms with Crippen LogP contribution in [0.25, 0.3) is 0 Å². The Balaban J connectivity index is 2.79. The van der Waals surface area contributed by atoms with Crippen LogP contribution in [-0.2, 0) is 23.8 Å². The second-order valence-corrected chi connectivity index (χ2v) is 18.6. The zero-order valence-corrected chi connectivity index (χ0v) is 44.3. The van der Waals surface area contributed by atoms with Crippen molar-refractivity contribution in [3.8, 4) is 0 Å². The van der Waals surface area contributed by atoms with E-state index in [1.165, 1.54) is 38.5 Å². The number of ether oxygens (including phenoxy) is 3. The molecule has 8 atom stereocenters. The molecule has 1 amide bonds. The molecule has 1 aliphatic heterocycles. The molecule has 1 fully saturated rings. The molecule has 1 saturated heterocycles. The molecule has 0 aromatic rings. The van der Waals surface area contributed by atoms with Gasteiger partial charge in [-0.25, -0.2) is 0 Å². The smallest absolute Gasteiger partial charge is 0.306 e. The van der Waals surface area contributed by atoms with Crippen LogP contribution in [0, 0.1) is 0 Å². The monoisotopic (exact) mass is 994 g/mol. The lowest BCUT2D eigenvalue weighted by Crippen LogP contribution is -2.61. The van der Waals surface area contributed by atoms with Gasteiger partial charge in [0, 0.05) is 6.42 Å². The zero-order valence-electron chi connectivity index (χ0n) is 44.3. The average Bonchev–Trinajstić information content (AvgIpc) is 3.37. The molecule has 0 spiro atoms. The Hall–Kier alpha value is -3.68. The van der Waals surface area contributed by atoms with E-state index in [0.717, 1.165) is 103 Å². The van der Waals surface area contributed by atoms with Gasteiger partial charge in [-0.3, -0.25) is 9.59 Å². The molecule has 1 rings (SSSR count). The van der Waals surface area contributed by atoms with Crippen LogP contribution >= 0.6 is 0 Å². The van der Waals surface area contributed by atoms with Gasteiger partial charge in [-0.1, -0.05) is 214 Å². The summed E-state index contributed by atoms with van der Waals surface area (Å²) in [5.41, 5.74) is 0. The van der Waals surface area contributed by atoms with Crippen molar-refractivity contribution in [2.45, 2.75) is 243 Å². The third-order valence-electron chi connectivity index (χ3n) is 12.2. The highest BCUT2D eigenvalue weighted by atomic mass is 16.7. The fraction of sp³-hybridized carbons (Fsp3) is 0.667. The normalized spacial score (nSPS) is 20.5. The molecule has 0 saturated carbocycles. The lowest BCUT2D eigenvalue weighted by Gasteiger charge is -2.41. The maximum absolute atomic E-state index is 13.3. The number of carbonyl (C=O) groups is 2. The molecule has 11 heteroatoms.